The molecular weight excluding hydrogens is 347 g/mol. The third-order valence-corrected chi connectivity index (χ3v) is 3.14. The number of aromatic nitrogens is 2. The first-order valence-corrected chi connectivity index (χ1v) is 7.02. The molecule has 1 N–H and O–H groups in total. The highest BCUT2D eigenvalue weighted by Gasteiger charge is 2.22. The number of hydrogen-bond donors (Lipinski definition) is 1. The van der Waals surface area contributed by atoms with Gasteiger partial charge >= 0.3 is 5.82 Å². The van der Waals surface area contributed by atoms with E-state index >= 15 is 0 Å². The standard InChI is InChI=1S/C13H10Cl2N4O4/c1-7(23-10-3-2-4-16-12(10)19(21)22)13(20)18-11-9(15)5-8(14)6-17-11/h2-7H,1H3,(H,17,18,20)/t7-/m0/s1. The minimum Gasteiger partial charge on any atom is -0.473 e. The van der Waals surface area contributed by atoms with Crippen LogP contribution in [0.4, 0.5) is 11.6 Å². The topological polar surface area (TPSA) is 107 Å². The van der Waals surface area contributed by atoms with Gasteiger partial charge in [-0.05, 0) is 35.0 Å². The summed E-state index contributed by atoms with van der Waals surface area (Å²) in [6.45, 7) is 1.43. The molecular formula is C13H10Cl2N4O4. The first-order valence-electron chi connectivity index (χ1n) is 6.26. The molecule has 2 aromatic heterocycles. The molecule has 10 heteroatoms. The molecule has 8 nitrogen and oxygen atoms in total. The van der Waals surface area contributed by atoms with Gasteiger partial charge in [0, 0.05) is 6.20 Å². The van der Waals surface area contributed by atoms with Crippen LogP contribution in [0, 0.1) is 10.1 Å². The lowest BCUT2D eigenvalue weighted by Crippen LogP contribution is -2.30. The van der Waals surface area contributed by atoms with Gasteiger partial charge in [0.25, 0.3) is 5.91 Å². The number of halogens is 2. The van der Waals surface area contributed by atoms with Crippen molar-refractivity contribution < 1.29 is 14.5 Å². The summed E-state index contributed by atoms with van der Waals surface area (Å²) < 4.78 is 5.29. The Bertz CT molecular complexity index is 757. The fourth-order valence-corrected chi connectivity index (χ4v) is 2.01. The van der Waals surface area contributed by atoms with Crippen LogP contribution in [0.25, 0.3) is 0 Å². The molecule has 0 aliphatic rings. The van der Waals surface area contributed by atoms with Crippen molar-refractivity contribution in [1.82, 2.24) is 9.97 Å². The van der Waals surface area contributed by atoms with Crippen LogP contribution in [0.1, 0.15) is 6.92 Å². The Morgan fingerprint density at radius 3 is 2.83 bits per heavy atom. The molecule has 1 amide bonds. The number of hydrogen-bond acceptors (Lipinski definition) is 6. The van der Waals surface area contributed by atoms with Crippen LogP contribution in [0.15, 0.2) is 30.6 Å². The average molecular weight is 357 g/mol. The third-order valence-electron chi connectivity index (χ3n) is 2.65. The van der Waals surface area contributed by atoms with Gasteiger partial charge in [0.15, 0.2) is 11.9 Å². The number of ether oxygens (including phenoxy) is 1. The lowest BCUT2D eigenvalue weighted by Gasteiger charge is -2.14. The van der Waals surface area contributed by atoms with Gasteiger partial charge in [-0.1, -0.05) is 23.2 Å². The van der Waals surface area contributed by atoms with Gasteiger partial charge in [0.05, 0.1) is 10.0 Å². The van der Waals surface area contributed by atoms with E-state index in [1.54, 1.807) is 0 Å². The van der Waals surface area contributed by atoms with Crippen molar-refractivity contribution in [2.24, 2.45) is 0 Å². The summed E-state index contributed by atoms with van der Waals surface area (Å²) in [7, 11) is 0. The molecule has 120 valence electrons. The molecule has 0 aliphatic carbocycles. The first-order chi connectivity index (χ1) is 10.9. The van der Waals surface area contributed by atoms with Gasteiger partial charge in [-0.15, -0.1) is 0 Å². The molecule has 2 rings (SSSR count). The van der Waals surface area contributed by atoms with Crippen molar-refractivity contribution in [3.63, 3.8) is 0 Å². The van der Waals surface area contributed by atoms with Gasteiger partial charge in [-0.2, -0.15) is 0 Å². The normalized spacial score (nSPS) is 11.6. The zero-order valence-corrected chi connectivity index (χ0v) is 13.2. The fourth-order valence-electron chi connectivity index (χ4n) is 1.58. The van der Waals surface area contributed by atoms with Crippen LogP contribution < -0.4 is 10.1 Å². The van der Waals surface area contributed by atoms with Gasteiger partial charge in [-0.25, -0.2) is 4.98 Å². The van der Waals surface area contributed by atoms with Gasteiger partial charge in [0.1, 0.15) is 6.20 Å². The summed E-state index contributed by atoms with van der Waals surface area (Å²) in [5.74, 6) is -1.07. The zero-order valence-electron chi connectivity index (χ0n) is 11.7. The second-order valence-electron chi connectivity index (χ2n) is 4.32. The van der Waals surface area contributed by atoms with Crippen LogP contribution in [-0.4, -0.2) is 26.9 Å². The van der Waals surface area contributed by atoms with E-state index in [-0.39, 0.29) is 16.6 Å². The summed E-state index contributed by atoms with van der Waals surface area (Å²) in [5, 5.41) is 13.8. The molecule has 0 aliphatic heterocycles. The number of pyridine rings is 2. The summed E-state index contributed by atoms with van der Waals surface area (Å²) in [4.78, 5) is 29.7. The van der Waals surface area contributed by atoms with E-state index in [1.807, 2.05) is 0 Å². The summed E-state index contributed by atoms with van der Waals surface area (Å²) >= 11 is 11.6. The number of carbonyl (C=O) groups is 1. The van der Waals surface area contributed by atoms with E-state index < -0.39 is 22.8 Å². The van der Waals surface area contributed by atoms with Gasteiger partial charge < -0.3 is 20.2 Å². The van der Waals surface area contributed by atoms with Crippen molar-refractivity contribution in [3.8, 4) is 5.75 Å². The molecule has 2 heterocycles. The zero-order chi connectivity index (χ0) is 17.0. The van der Waals surface area contributed by atoms with Crippen molar-refractivity contribution in [2.75, 3.05) is 5.32 Å². The molecule has 0 aromatic carbocycles. The van der Waals surface area contributed by atoms with Crippen molar-refractivity contribution in [1.29, 1.82) is 0 Å². The van der Waals surface area contributed by atoms with Crippen molar-refractivity contribution in [3.05, 3.63) is 50.8 Å². The minimum absolute atomic E-state index is 0.109. The van der Waals surface area contributed by atoms with Crippen molar-refractivity contribution >= 4 is 40.7 Å². The predicted molar refractivity (Wildman–Crippen MR) is 83.9 cm³/mol. The maximum atomic E-state index is 12.1. The summed E-state index contributed by atoms with van der Waals surface area (Å²) in [5.41, 5.74) is 0. The highest BCUT2D eigenvalue weighted by atomic mass is 35.5. The van der Waals surface area contributed by atoms with Crippen LogP contribution in [-0.2, 0) is 4.79 Å². The number of anilines is 1. The quantitative estimate of drug-likeness (QED) is 0.651. The second kappa shape index (κ2) is 7.21. The van der Waals surface area contributed by atoms with E-state index in [9.17, 15) is 14.9 Å². The Morgan fingerprint density at radius 1 is 1.43 bits per heavy atom. The lowest BCUT2D eigenvalue weighted by molar-refractivity contribution is -0.390. The lowest BCUT2D eigenvalue weighted by atomic mass is 10.3. The molecule has 0 fully saturated rings. The number of nitrogens with one attached hydrogen (secondary N) is 1. The Kier molecular flexibility index (Phi) is 5.30. The van der Waals surface area contributed by atoms with Gasteiger partial charge in [0.2, 0.25) is 5.75 Å². The van der Waals surface area contributed by atoms with Crippen molar-refractivity contribution in [2.45, 2.75) is 13.0 Å². The first kappa shape index (κ1) is 16.9. The maximum absolute atomic E-state index is 12.1. The number of nitro groups is 1. The fraction of sp³-hybridized carbons (Fsp3) is 0.154. The minimum atomic E-state index is -1.04. The molecule has 23 heavy (non-hydrogen) atoms. The van der Waals surface area contributed by atoms with Gasteiger partial charge in [-0.3, -0.25) is 4.79 Å². The molecule has 0 spiro atoms. The third kappa shape index (κ3) is 4.27. The van der Waals surface area contributed by atoms with E-state index in [0.29, 0.717) is 5.02 Å². The Labute approximate surface area is 140 Å². The van der Waals surface area contributed by atoms with Crippen LogP contribution >= 0.6 is 23.2 Å². The van der Waals surface area contributed by atoms with E-state index in [4.69, 9.17) is 27.9 Å². The summed E-state index contributed by atoms with van der Waals surface area (Å²) in [6.07, 6.45) is 1.54. The molecule has 1 atom stereocenters. The smallest absolute Gasteiger partial charge is 0.406 e. The molecule has 0 radical (unpaired) electrons. The van der Waals surface area contributed by atoms with Crippen LogP contribution in [0.5, 0.6) is 5.75 Å². The van der Waals surface area contributed by atoms with E-state index in [1.165, 1.54) is 37.5 Å². The molecule has 0 bridgehead atoms. The average Bonchev–Trinajstić information content (AvgIpc) is 2.50. The Hall–Kier alpha value is -2.45. The number of carbonyl (C=O) groups excluding carboxylic acids is 1. The Balaban J connectivity index is 2.10. The SMILES string of the molecule is C[C@H](Oc1cccnc1[N+](=O)[O-])C(=O)Nc1ncc(Cl)cc1Cl. The maximum Gasteiger partial charge on any atom is 0.406 e. The number of rotatable bonds is 5. The number of nitrogens with zero attached hydrogens (tertiary/aromatic N) is 3. The van der Waals surface area contributed by atoms with E-state index in [0.717, 1.165) is 0 Å². The number of amides is 1. The summed E-state index contributed by atoms with van der Waals surface area (Å²) in [6, 6.07) is 4.23. The molecule has 0 unspecified atom stereocenters. The Morgan fingerprint density at radius 2 is 2.17 bits per heavy atom. The highest BCUT2D eigenvalue weighted by Crippen LogP contribution is 2.25. The molecule has 2 aromatic rings. The molecule has 0 saturated carbocycles. The second-order valence-corrected chi connectivity index (χ2v) is 5.16. The highest BCUT2D eigenvalue weighted by molar-refractivity contribution is 6.36. The monoisotopic (exact) mass is 356 g/mol. The largest absolute Gasteiger partial charge is 0.473 e. The predicted octanol–water partition coefficient (Wildman–Crippen LogP) is 3.10. The van der Waals surface area contributed by atoms with Crippen LogP contribution in [0.2, 0.25) is 10.0 Å². The molecule has 0 saturated heterocycles. The van der Waals surface area contributed by atoms with Crippen LogP contribution in [0.3, 0.4) is 0 Å². The van der Waals surface area contributed by atoms with E-state index in [2.05, 4.69) is 15.3 Å².